The number of rotatable bonds is 2. The van der Waals surface area contributed by atoms with Crippen molar-refractivity contribution in [2.75, 3.05) is 13.2 Å². The Hall–Kier alpha value is -1.56. The van der Waals surface area contributed by atoms with Gasteiger partial charge in [0.05, 0.1) is 6.04 Å². The second-order valence-electron chi connectivity index (χ2n) is 7.81. The average Bonchev–Trinajstić information content (AvgIpc) is 2.93. The number of aromatic hydroxyl groups is 1. The van der Waals surface area contributed by atoms with Gasteiger partial charge in [-0.1, -0.05) is 0 Å². The van der Waals surface area contributed by atoms with Crippen LogP contribution in [0.25, 0.3) is 10.9 Å². The minimum atomic E-state index is 0.185. The Labute approximate surface area is 140 Å². The van der Waals surface area contributed by atoms with Crippen molar-refractivity contribution in [2.24, 2.45) is 17.8 Å². The van der Waals surface area contributed by atoms with Crippen LogP contribution in [0.3, 0.4) is 0 Å². The van der Waals surface area contributed by atoms with Crippen LogP contribution in [-0.2, 0) is 6.42 Å². The zero-order valence-electron chi connectivity index (χ0n) is 13.8. The van der Waals surface area contributed by atoms with Gasteiger partial charge in [-0.2, -0.15) is 0 Å². The number of hydrogen-bond donors (Lipinski definition) is 4. The Morgan fingerprint density at radius 2 is 2.00 bits per heavy atom. The number of phenols is 1. The molecule has 4 bridgehead atoms. The molecule has 4 N–H and O–H groups in total. The van der Waals surface area contributed by atoms with E-state index in [1.807, 2.05) is 12.1 Å². The molecule has 3 saturated heterocycles. The van der Waals surface area contributed by atoms with Crippen molar-refractivity contribution in [2.45, 2.75) is 37.9 Å². The first-order valence-corrected chi connectivity index (χ1v) is 8.96. The van der Waals surface area contributed by atoms with Crippen molar-refractivity contribution in [1.82, 2.24) is 9.88 Å². The summed E-state index contributed by atoms with van der Waals surface area (Å²) in [7, 11) is 0. The summed E-state index contributed by atoms with van der Waals surface area (Å²) in [5.74, 6) is 1.16. The molecule has 1 aromatic heterocycles. The van der Waals surface area contributed by atoms with Crippen LogP contribution < -0.4 is 0 Å². The highest BCUT2D eigenvalue weighted by Crippen LogP contribution is 2.56. The molecule has 4 aliphatic rings. The van der Waals surface area contributed by atoms with Crippen LogP contribution in [0.1, 0.15) is 30.6 Å². The summed E-state index contributed by atoms with van der Waals surface area (Å²) in [6, 6.07) is 6.52. The number of fused-ring (bicyclic) bond motifs is 4. The van der Waals surface area contributed by atoms with Crippen molar-refractivity contribution < 1.29 is 15.3 Å². The minimum Gasteiger partial charge on any atom is -0.508 e. The highest BCUT2D eigenvalue weighted by atomic mass is 16.3. The van der Waals surface area contributed by atoms with Gasteiger partial charge in [0.2, 0.25) is 0 Å². The fourth-order valence-electron chi connectivity index (χ4n) is 5.99. The van der Waals surface area contributed by atoms with Gasteiger partial charge < -0.3 is 20.3 Å². The van der Waals surface area contributed by atoms with Crippen molar-refractivity contribution in [3.63, 3.8) is 0 Å². The molecule has 5 heterocycles. The van der Waals surface area contributed by atoms with Crippen molar-refractivity contribution in [3.05, 3.63) is 29.5 Å². The van der Waals surface area contributed by atoms with E-state index in [1.165, 1.54) is 11.3 Å². The highest BCUT2D eigenvalue weighted by molar-refractivity contribution is 5.86. The Kier molecular flexibility index (Phi) is 3.06. The maximum absolute atomic E-state index is 10.0. The van der Waals surface area contributed by atoms with Crippen LogP contribution >= 0.6 is 0 Å². The van der Waals surface area contributed by atoms with Crippen molar-refractivity contribution in [3.8, 4) is 5.75 Å². The van der Waals surface area contributed by atoms with Gasteiger partial charge in [-0.3, -0.25) is 4.90 Å². The van der Waals surface area contributed by atoms with E-state index in [4.69, 9.17) is 0 Å². The first-order valence-electron chi connectivity index (χ1n) is 8.96. The lowest BCUT2D eigenvalue weighted by Gasteiger charge is -2.63. The van der Waals surface area contributed by atoms with Crippen molar-refractivity contribution >= 4 is 10.9 Å². The molecule has 2 aromatic rings. The maximum Gasteiger partial charge on any atom is 0.116 e. The molecule has 0 radical (unpaired) electrons. The van der Waals surface area contributed by atoms with E-state index in [0.29, 0.717) is 29.8 Å². The molecule has 3 fully saturated rings. The quantitative estimate of drug-likeness (QED) is 0.677. The Morgan fingerprint density at radius 1 is 1.21 bits per heavy atom. The summed E-state index contributed by atoms with van der Waals surface area (Å²) in [6.07, 6.45) is 1.89. The SMILES string of the molecule is C[C@H]1[C@H](CO)[C@@H]2C[C@H]3c4[nH]c5ccc(O)cc5c4C[C@@H](C2CO)N31. The van der Waals surface area contributed by atoms with Crippen LogP contribution in [-0.4, -0.2) is 50.5 Å². The van der Waals surface area contributed by atoms with Gasteiger partial charge in [-0.05, 0) is 49.4 Å². The summed E-state index contributed by atoms with van der Waals surface area (Å²) in [5, 5.41) is 30.9. The number of benzene rings is 1. The van der Waals surface area contributed by atoms with Crippen LogP contribution in [0.15, 0.2) is 18.2 Å². The van der Waals surface area contributed by atoms with Crippen LogP contribution in [0.2, 0.25) is 0 Å². The van der Waals surface area contributed by atoms with Gasteiger partial charge in [0.25, 0.3) is 0 Å². The number of piperidine rings is 3. The topological polar surface area (TPSA) is 79.7 Å². The van der Waals surface area contributed by atoms with Crippen LogP contribution in [0.5, 0.6) is 5.75 Å². The molecule has 5 nitrogen and oxygen atoms in total. The smallest absolute Gasteiger partial charge is 0.116 e. The van der Waals surface area contributed by atoms with Gasteiger partial charge in [-0.15, -0.1) is 0 Å². The fraction of sp³-hybridized carbons (Fsp3) is 0.579. The van der Waals surface area contributed by atoms with Gasteiger partial charge in [0, 0.05) is 53.7 Å². The molecular weight excluding hydrogens is 304 g/mol. The Bertz CT molecular complexity index is 801. The molecule has 0 saturated carbocycles. The molecule has 7 atom stereocenters. The lowest BCUT2D eigenvalue weighted by Crippen LogP contribution is -2.67. The molecule has 6 rings (SSSR count). The van der Waals surface area contributed by atoms with E-state index in [1.54, 1.807) is 6.07 Å². The van der Waals surface area contributed by atoms with Crippen LogP contribution in [0.4, 0.5) is 0 Å². The average molecular weight is 328 g/mol. The van der Waals surface area contributed by atoms with Crippen molar-refractivity contribution in [1.29, 1.82) is 0 Å². The summed E-state index contributed by atoms with van der Waals surface area (Å²) < 4.78 is 0. The van der Waals surface area contributed by atoms with E-state index in [0.717, 1.165) is 23.7 Å². The second kappa shape index (κ2) is 4.97. The molecule has 1 aromatic carbocycles. The number of phenolic OH excluding ortho intramolecular Hbond substituents is 1. The lowest BCUT2D eigenvalue weighted by molar-refractivity contribution is -0.154. The molecule has 4 aliphatic heterocycles. The second-order valence-corrected chi connectivity index (χ2v) is 7.81. The predicted molar refractivity (Wildman–Crippen MR) is 90.8 cm³/mol. The summed E-state index contributed by atoms with van der Waals surface area (Å²) in [6.45, 7) is 2.61. The molecule has 2 unspecified atom stereocenters. The molecule has 5 heteroatoms. The molecule has 0 amide bonds. The van der Waals surface area contributed by atoms with Crippen LogP contribution in [0, 0.1) is 17.8 Å². The molecule has 0 aliphatic carbocycles. The Balaban J connectivity index is 1.68. The van der Waals surface area contributed by atoms with E-state index < -0.39 is 0 Å². The van der Waals surface area contributed by atoms with Gasteiger partial charge >= 0.3 is 0 Å². The standard InChI is InChI=1S/C19H24N2O3/c1-9-14(7-22)11-5-18-19-13(6-17(21(9)18)15(11)8-23)12-4-10(24)2-3-16(12)20-19/h2-4,9,11,14-15,17-18,20,22-24H,5-8H2,1H3/t9-,11-,14-,15?,17-,18-/m0/s1. The highest BCUT2D eigenvalue weighted by Gasteiger charge is 2.57. The number of aromatic nitrogens is 1. The molecule has 24 heavy (non-hydrogen) atoms. The monoisotopic (exact) mass is 328 g/mol. The third kappa shape index (κ3) is 1.70. The number of aliphatic hydroxyl groups excluding tert-OH is 2. The van der Waals surface area contributed by atoms with E-state index >= 15 is 0 Å². The van der Waals surface area contributed by atoms with E-state index in [2.05, 4.69) is 16.8 Å². The number of H-pyrrole nitrogens is 1. The number of nitrogens with one attached hydrogen (secondary N) is 1. The van der Waals surface area contributed by atoms with E-state index in [9.17, 15) is 15.3 Å². The zero-order valence-corrected chi connectivity index (χ0v) is 13.8. The number of aromatic amines is 1. The first kappa shape index (κ1) is 14.8. The minimum absolute atomic E-state index is 0.185. The van der Waals surface area contributed by atoms with Gasteiger partial charge in [0.15, 0.2) is 0 Å². The summed E-state index contributed by atoms with van der Waals surface area (Å²) in [4.78, 5) is 6.13. The molecule has 0 spiro atoms. The summed E-state index contributed by atoms with van der Waals surface area (Å²) in [5.41, 5.74) is 3.66. The van der Waals surface area contributed by atoms with Gasteiger partial charge in [-0.25, -0.2) is 0 Å². The molecule has 128 valence electrons. The molecular formula is C19H24N2O3. The fourth-order valence-corrected chi connectivity index (χ4v) is 5.99. The summed E-state index contributed by atoms with van der Waals surface area (Å²) >= 11 is 0. The Morgan fingerprint density at radius 3 is 2.75 bits per heavy atom. The predicted octanol–water partition coefficient (Wildman–Crippen LogP) is 1.78. The third-order valence-electron chi connectivity index (χ3n) is 7.01. The third-order valence-corrected chi connectivity index (χ3v) is 7.01. The lowest BCUT2D eigenvalue weighted by atomic mass is 9.60. The largest absolute Gasteiger partial charge is 0.508 e. The normalized spacial score (nSPS) is 40.0. The number of nitrogens with zero attached hydrogens (tertiary/aromatic N) is 1. The van der Waals surface area contributed by atoms with Gasteiger partial charge in [0.1, 0.15) is 5.75 Å². The van der Waals surface area contributed by atoms with E-state index in [-0.39, 0.29) is 25.0 Å². The number of hydrogen-bond acceptors (Lipinski definition) is 4. The maximum atomic E-state index is 10.0. The first-order chi connectivity index (χ1) is 11.6. The zero-order chi connectivity index (χ0) is 16.6. The number of aliphatic hydroxyl groups is 2.